The van der Waals surface area contributed by atoms with Crippen molar-refractivity contribution in [2.24, 2.45) is 17.2 Å². The zero-order valence-electron chi connectivity index (χ0n) is 37.8. The van der Waals surface area contributed by atoms with Gasteiger partial charge < -0.3 is 85.0 Å². The monoisotopic (exact) mass is 1010 g/mol. The number of rotatable bonds is 35. The Balaban J connectivity index is 6.64. The molecule has 10 amide bonds. The van der Waals surface area contributed by atoms with Crippen LogP contribution < -0.4 is 59.7 Å². The average Bonchev–Trinajstić information content (AvgIpc) is 3.25. The first-order chi connectivity index (χ1) is 31.8. The second-order valence-corrected chi connectivity index (χ2v) is 17.1. The van der Waals surface area contributed by atoms with Crippen LogP contribution in [0.2, 0.25) is 0 Å². The molecule has 10 atom stereocenters. The van der Waals surface area contributed by atoms with Gasteiger partial charge in [-0.05, 0) is 63.5 Å². The SMILES string of the molecule is CSCC[C@@H](C=O)NC(=O)[C@@H](NC(=O)[C@H](CCC(=O)O)NC(=O)[C@H](CCSC)NC(=O)[C@H](CC(N)=O)NC(=O)[C@H](CCC(=O)O)NC(=O)[C@H](CC(N)=O)NC(=O)[C@H](CO)NC(=O)[C@H](C)N)[C@@H](C)O. The van der Waals surface area contributed by atoms with Crippen molar-refractivity contribution in [3.05, 3.63) is 0 Å². The van der Waals surface area contributed by atoms with E-state index in [1.165, 1.54) is 30.4 Å². The van der Waals surface area contributed by atoms with E-state index in [1.807, 2.05) is 0 Å². The molecule has 0 saturated carbocycles. The number of aliphatic hydroxyl groups is 2. The van der Waals surface area contributed by atoms with Gasteiger partial charge in [-0.25, -0.2) is 0 Å². The number of primary amides is 2. The number of aliphatic hydroxyl groups excluding tert-OH is 2. The van der Waals surface area contributed by atoms with E-state index in [9.17, 15) is 82.8 Å². The zero-order valence-corrected chi connectivity index (χ0v) is 39.4. The van der Waals surface area contributed by atoms with Gasteiger partial charge in [-0.3, -0.25) is 57.5 Å². The predicted molar refractivity (Wildman–Crippen MR) is 241 cm³/mol. The summed E-state index contributed by atoms with van der Waals surface area (Å²) in [6.07, 6.45) is -2.35. The first kappa shape index (κ1) is 61.9. The van der Waals surface area contributed by atoms with Crippen LogP contribution in [0.25, 0.3) is 0 Å². The zero-order chi connectivity index (χ0) is 52.3. The Morgan fingerprint density at radius 2 is 0.868 bits per heavy atom. The first-order valence-corrected chi connectivity index (χ1v) is 23.5. The molecule has 0 aliphatic carbocycles. The molecule has 0 unspecified atom stereocenters. The summed E-state index contributed by atoms with van der Waals surface area (Å²) >= 11 is 2.58. The van der Waals surface area contributed by atoms with Crippen LogP contribution in [-0.2, 0) is 62.3 Å². The smallest absolute Gasteiger partial charge is 0.303 e. The van der Waals surface area contributed by atoms with Gasteiger partial charge in [-0.15, -0.1) is 0 Å². The minimum absolute atomic E-state index is 0.153. The lowest BCUT2D eigenvalue weighted by atomic mass is 10.1. The first-order valence-electron chi connectivity index (χ1n) is 20.7. The molecule has 0 aliphatic rings. The van der Waals surface area contributed by atoms with Gasteiger partial charge in [0.25, 0.3) is 0 Å². The molecule has 0 radical (unpaired) electrons. The lowest BCUT2D eigenvalue weighted by Crippen LogP contribution is -2.61. The quantitative estimate of drug-likeness (QED) is 0.0262. The lowest BCUT2D eigenvalue weighted by Gasteiger charge is -2.28. The van der Waals surface area contributed by atoms with Crippen LogP contribution in [-0.4, -0.2) is 189 Å². The highest BCUT2D eigenvalue weighted by molar-refractivity contribution is 7.98. The fraction of sp³-hybridized carbons (Fsp3) is 0.658. The third-order valence-electron chi connectivity index (χ3n) is 9.30. The number of aliphatic carboxylic acids is 2. The summed E-state index contributed by atoms with van der Waals surface area (Å²) in [5.74, 6) is -13.8. The van der Waals surface area contributed by atoms with Gasteiger partial charge in [0.05, 0.1) is 37.6 Å². The molecule has 0 saturated heterocycles. The van der Waals surface area contributed by atoms with Crippen LogP contribution >= 0.6 is 23.5 Å². The topological polar surface area (TPSA) is 477 Å². The Morgan fingerprint density at radius 1 is 0.515 bits per heavy atom. The highest BCUT2D eigenvalue weighted by Crippen LogP contribution is 2.09. The number of hydrogen-bond acceptors (Lipinski definition) is 18. The summed E-state index contributed by atoms with van der Waals surface area (Å²) in [4.78, 5) is 165. The van der Waals surface area contributed by atoms with Crippen molar-refractivity contribution in [2.45, 2.75) is 126 Å². The van der Waals surface area contributed by atoms with Crippen molar-refractivity contribution < 1.29 is 82.8 Å². The van der Waals surface area contributed by atoms with E-state index < -0.39 is 177 Å². The van der Waals surface area contributed by atoms with Crippen molar-refractivity contribution in [3.63, 3.8) is 0 Å². The summed E-state index contributed by atoms with van der Waals surface area (Å²) in [6, 6.07) is -14.5. The standard InChI is InChI=1S/C38H63N11O17S2/c1-17(39)31(59)48-25(16-51)37(65)47-24(14-27(41)54)35(63)44-20(5-7-28(55)56)32(60)46-23(13-26(40)53)36(64)45-22(10-12-68-4)33(61)43-21(6-8-29(57)58)34(62)49-30(18(2)52)38(66)42-19(15-50)9-11-67-3/h15,17-25,30,51-52H,5-14,16,39H2,1-4H3,(H2,40,53)(H2,41,54)(H,42,66)(H,43,61)(H,44,63)(H,45,64)(H,46,60)(H,47,65)(H,48,59)(H,49,62)(H,55,56)(H,57,58)/t17-,18+,19-,20-,21-,22-,23-,24-,25-,30-/m0/s1. The van der Waals surface area contributed by atoms with Gasteiger partial charge in [-0.2, -0.15) is 23.5 Å². The lowest BCUT2D eigenvalue weighted by molar-refractivity contribution is -0.140. The fourth-order valence-corrected chi connectivity index (χ4v) is 6.57. The number of amides is 10. The number of aldehydes is 1. The molecular formula is C38H63N11O17S2. The van der Waals surface area contributed by atoms with E-state index in [0.717, 1.165) is 6.92 Å². The molecule has 0 aromatic carbocycles. The van der Waals surface area contributed by atoms with E-state index in [0.29, 0.717) is 12.0 Å². The highest BCUT2D eigenvalue weighted by atomic mass is 32.2. The summed E-state index contributed by atoms with van der Waals surface area (Å²) < 4.78 is 0. The number of carboxylic acid groups (broad SMARTS) is 2. The molecule has 0 aromatic heterocycles. The Labute approximate surface area is 398 Å². The van der Waals surface area contributed by atoms with Crippen LogP contribution in [0.3, 0.4) is 0 Å². The van der Waals surface area contributed by atoms with E-state index in [-0.39, 0.29) is 18.6 Å². The largest absolute Gasteiger partial charge is 0.481 e. The Bertz CT molecular complexity index is 1810. The molecule has 0 fully saturated rings. The molecule has 30 heteroatoms. The van der Waals surface area contributed by atoms with E-state index >= 15 is 0 Å². The number of carbonyl (C=O) groups excluding carboxylic acids is 11. The molecular weight excluding hydrogens is 947 g/mol. The Hall–Kier alpha value is -6.11. The van der Waals surface area contributed by atoms with Crippen molar-refractivity contribution >= 4 is 101 Å². The van der Waals surface area contributed by atoms with Crippen LogP contribution in [0.15, 0.2) is 0 Å². The van der Waals surface area contributed by atoms with Gasteiger partial charge in [0.2, 0.25) is 59.1 Å². The van der Waals surface area contributed by atoms with Crippen molar-refractivity contribution in [3.8, 4) is 0 Å². The Morgan fingerprint density at radius 3 is 1.22 bits per heavy atom. The molecule has 384 valence electrons. The van der Waals surface area contributed by atoms with Crippen LogP contribution in [0, 0.1) is 0 Å². The molecule has 0 aromatic rings. The van der Waals surface area contributed by atoms with Crippen LogP contribution in [0.5, 0.6) is 0 Å². The number of carboxylic acids is 2. The number of hydrogen-bond donors (Lipinski definition) is 15. The highest BCUT2D eigenvalue weighted by Gasteiger charge is 2.36. The maximum absolute atomic E-state index is 13.8. The van der Waals surface area contributed by atoms with Gasteiger partial charge in [0, 0.05) is 12.8 Å². The Kier molecular flexibility index (Phi) is 29.6. The van der Waals surface area contributed by atoms with E-state index in [1.54, 1.807) is 12.5 Å². The van der Waals surface area contributed by atoms with Crippen molar-refractivity contribution in [1.29, 1.82) is 0 Å². The summed E-state index contributed by atoms with van der Waals surface area (Å²) in [5, 5.41) is 56.4. The number of thioether (sulfide) groups is 2. The van der Waals surface area contributed by atoms with Crippen molar-refractivity contribution in [1.82, 2.24) is 42.5 Å². The summed E-state index contributed by atoms with van der Waals surface area (Å²) in [6.45, 7) is 1.41. The van der Waals surface area contributed by atoms with Gasteiger partial charge in [0.1, 0.15) is 48.6 Å². The molecule has 0 rings (SSSR count). The number of carbonyl (C=O) groups is 13. The van der Waals surface area contributed by atoms with Crippen LogP contribution in [0.1, 0.15) is 65.2 Å². The molecule has 18 N–H and O–H groups in total. The second kappa shape index (κ2) is 32.6. The van der Waals surface area contributed by atoms with E-state index in [4.69, 9.17) is 17.2 Å². The molecule has 0 spiro atoms. The maximum atomic E-state index is 13.8. The molecule has 0 heterocycles. The summed E-state index contributed by atoms with van der Waals surface area (Å²) in [7, 11) is 0. The molecule has 68 heavy (non-hydrogen) atoms. The van der Waals surface area contributed by atoms with Gasteiger partial charge in [-0.1, -0.05) is 0 Å². The predicted octanol–water partition coefficient (Wildman–Crippen LogP) is -7.23. The average molecular weight is 1010 g/mol. The van der Waals surface area contributed by atoms with Crippen LogP contribution in [0.4, 0.5) is 0 Å². The van der Waals surface area contributed by atoms with Gasteiger partial charge in [0.15, 0.2) is 0 Å². The normalized spacial score (nSPS) is 15.3. The molecule has 0 aliphatic heterocycles. The maximum Gasteiger partial charge on any atom is 0.303 e. The third-order valence-corrected chi connectivity index (χ3v) is 10.6. The minimum atomic E-state index is -1.95. The second-order valence-electron chi connectivity index (χ2n) is 15.1. The summed E-state index contributed by atoms with van der Waals surface area (Å²) in [5.41, 5.74) is 16.1. The molecule has 28 nitrogen and oxygen atoms in total. The van der Waals surface area contributed by atoms with Gasteiger partial charge >= 0.3 is 11.9 Å². The van der Waals surface area contributed by atoms with E-state index in [2.05, 4.69) is 42.5 Å². The molecule has 0 bridgehead atoms. The minimum Gasteiger partial charge on any atom is -0.481 e. The fourth-order valence-electron chi connectivity index (χ4n) is 5.61. The number of nitrogens with two attached hydrogens (primary N) is 3. The van der Waals surface area contributed by atoms with Crippen molar-refractivity contribution in [2.75, 3.05) is 30.6 Å². The third kappa shape index (κ3) is 24.6. The number of nitrogens with one attached hydrogen (secondary N) is 8.